The highest BCUT2D eigenvalue weighted by atomic mass is 32.2. The van der Waals surface area contributed by atoms with Gasteiger partial charge < -0.3 is 14.8 Å². The van der Waals surface area contributed by atoms with Crippen molar-refractivity contribution in [1.82, 2.24) is 10.9 Å². The third-order valence-corrected chi connectivity index (χ3v) is 5.99. The summed E-state index contributed by atoms with van der Waals surface area (Å²) in [5.74, 6) is 0.868. The van der Waals surface area contributed by atoms with E-state index in [4.69, 9.17) is 9.47 Å². The van der Waals surface area contributed by atoms with Gasteiger partial charge in [0.05, 0.1) is 17.1 Å². The van der Waals surface area contributed by atoms with Gasteiger partial charge in [-0.25, -0.2) is 0 Å². The average Bonchev–Trinajstić information content (AvgIpc) is 2.80. The number of ether oxygens (including phenoxy) is 2. The molecule has 3 aromatic carbocycles. The Hall–Kier alpha value is -3.58. The fourth-order valence-corrected chi connectivity index (χ4v) is 4.23. The summed E-state index contributed by atoms with van der Waals surface area (Å²) < 4.78 is 11.3. The number of carbonyl (C=O) groups excluding carboxylic acids is 1. The molecule has 1 amide bonds. The van der Waals surface area contributed by atoms with E-state index in [0.717, 1.165) is 21.8 Å². The second-order valence-electron chi connectivity index (χ2n) is 6.89. The van der Waals surface area contributed by atoms with Crippen LogP contribution in [0.4, 0.5) is 11.4 Å². The van der Waals surface area contributed by atoms with Gasteiger partial charge in [0.1, 0.15) is 6.61 Å². The SMILES string of the molecule is C=C(NNC(=O)[C@@H]1COc2ccccc2O1)c1ccc2c(c1)Nc1ccccc1S2. The molecule has 0 saturated carbocycles. The number of carbonyl (C=O) groups is 1. The monoisotopic (exact) mass is 417 g/mol. The molecule has 150 valence electrons. The second kappa shape index (κ2) is 7.68. The van der Waals surface area contributed by atoms with Crippen LogP contribution in [0, 0.1) is 0 Å². The number of hydrogen-bond donors (Lipinski definition) is 3. The first-order valence-corrected chi connectivity index (χ1v) is 10.3. The second-order valence-corrected chi connectivity index (χ2v) is 7.97. The quantitative estimate of drug-likeness (QED) is 0.430. The van der Waals surface area contributed by atoms with Crippen LogP contribution in [0.1, 0.15) is 5.56 Å². The van der Waals surface area contributed by atoms with E-state index in [2.05, 4.69) is 34.9 Å². The summed E-state index contributed by atoms with van der Waals surface area (Å²) in [7, 11) is 0. The Morgan fingerprint density at radius 1 is 0.967 bits per heavy atom. The van der Waals surface area contributed by atoms with Crippen molar-refractivity contribution in [2.24, 2.45) is 0 Å². The van der Waals surface area contributed by atoms with Crippen LogP contribution in [0.25, 0.3) is 5.70 Å². The molecule has 0 unspecified atom stereocenters. The Balaban J connectivity index is 1.22. The Morgan fingerprint density at radius 3 is 2.63 bits per heavy atom. The van der Waals surface area contributed by atoms with Crippen molar-refractivity contribution in [3.8, 4) is 11.5 Å². The largest absolute Gasteiger partial charge is 0.485 e. The predicted molar refractivity (Wildman–Crippen MR) is 117 cm³/mol. The van der Waals surface area contributed by atoms with Crippen LogP contribution in [0.3, 0.4) is 0 Å². The lowest BCUT2D eigenvalue weighted by atomic mass is 10.1. The Bertz CT molecular complexity index is 1150. The van der Waals surface area contributed by atoms with Gasteiger partial charge in [-0.15, -0.1) is 0 Å². The van der Waals surface area contributed by atoms with Crippen LogP contribution < -0.4 is 25.6 Å². The zero-order valence-electron chi connectivity index (χ0n) is 16.0. The van der Waals surface area contributed by atoms with Crippen LogP contribution in [0.2, 0.25) is 0 Å². The Morgan fingerprint density at radius 2 is 1.73 bits per heavy atom. The van der Waals surface area contributed by atoms with Crippen molar-refractivity contribution in [3.63, 3.8) is 0 Å². The summed E-state index contributed by atoms with van der Waals surface area (Å²) >= 11 is 1.72. The molecule has 30 heavy (non-hydrogen) atoms. The molecule has 1 atom stereocenters. The fourth-order valence-electron chi connectivity index (χ4n) is 3.27. The van der Waals surface area contributed by atoms with Crippen LogP contribution >= 0.6 is 11.8 Å². The molecule has 0 aliphatic carbocycles. The minimum atomic E-state index is -0.738. The minimum Gasteiger partial charge on any atom is -0.485 e. The summed E-state index contributed by atoms with van der Waals surface area (Å²) in [6.45, 7) is 4.19. The molecule has 7 heteroatoms. The number of amides is 1. The van der Waals surface area contributed by atoms with Crippen molar-refractivity contribution in [2.45, 2.75) is 15.9 Å². The van der Waals surface area contributed by atoms with Crippen molar-refractivity contribution < 1.29 is 14.3 Å². The van der Waals surface area contributed by atoms with Gasteiger partial charge >= 0.3 is 0 Å². The van der Waals surface area contributed by atoms with Gasteiger partial charge in [0, 0.05) is 15.4 Å². The van der Waals surface area contributed by atoms with E-state index in [-0.39, 0.29) is 12.5 Å². The van der Waals surface area contributed by atoms with E-state index >= 15 is 0 Å². The lowest BCUT2D eigenvalue weighted by Crippen LogP contribution is -2.48. The number of benzene rings is 3. The highest BCUT2D eigenvalue weighted by molar-refractivity contribution is 7.99. The van der Waals surface area contributed by atoms with E-state index in [1.54, 1.807) is 17.8 Å². The third kappa shape index (κ3) is 3.55. The average molecular weight is 417 g/mol. The molecular formula is C23H19N3O3S. The van der Waals surface area contributed by atoms with E-state index in [9.17, 15) is 4.79 Å². The highest BCUT2D eigenvalue weighted by Crippen LogP contribution is 2.44. The number of rotatable bonds is 4. The molecule has 0 fully saturated rings. The molecule has 0 bridgehead atoms. The van der Waals surface area contributed by atoms with Gasteiger partial charge in [0.2, 0.25) is 6.10 Å². The van der Waals surface area contributed by atoms with Gasteiger partial charge in [-0.3, -0.25) is 15.6 Å². The lowest BCUT2D eigenvalue weighted by molar-refractivity contribution is -0.131. The normalized spacial score (nSPS) is 15.8. The van der Waals surface area contributed by atoms with Gasteiger partial charge in [-0.1, -0.05) is 48.7 Å². The fraction of sp³-hybridized carbons (Fsp3) is 0.0870. The van der Waals surface area contributed by atoms with Crippen LogP contribution in [0.15, 0.2) is 83.1 Å². The molecule has 2 aliphatic heterocycles. The van der Waals surface area contributed by atoms with Crippen LogP contribution in [0.5, 0.6) is 11.5 Å². The predicted octanol–water partition coefficient (Wildman–Crippen LogP) is 4.33. The number of anilines is 2. The van der Waals surface area contributed by atoms with Crippen molar-refractivity contribution in [1.29, 1.82) is 0 Å². The molecular weight excluding hydrogens is 398 g/mol. The first-order valence-electron chi connectivity index (χ1n) is 9.49. The third-order valence-electron chi connectivity index (χ3n) is 4.84. The first kappa shape index (κ1) is 18.4. The standard InChI is InChI=1S/C23H19N3O3S/c1-14(25-26-23(27)20-13-28-18-7-3-4-8-19(18)29-20)15-10-11-22-17(12-15)24-16-6-2-5-9-21(16)30-22/h2-12,20,24-25H,1,13H2,(H,26,27)/t20-/m0/s1. The molecule has 3 N–H and O–H groups in total. The maximum atomic E-state index is 12.5. The molecule has 0 saturated heterocycles. The smallest absolute Gasteiger partial charge is 0.282 e. The van der Waals surface area contributed by atoms with Crippen molar-refractivity contribution in [3.05, 3.63) is 78.9 Å². The topological polar surface area (TPSA) is 71.6 Å². The molecule has 3 aromatic rings. The van der Waals surface area contributed by atoms with Crippen molar-refractivity contribution >= 4 is 34.7 Å². The zero-order chi connectivity index (χ0) is 20.5. The zero-order valence-corrected chi connectivity index (χ0v) is 16.8. The Labute approximate surface area is 178 Å². The summed E-state index contributed by atoms with van der Waals surface area (Å²) in [5.41, 5.74) is 9.07. The molecule has 5 rings (SSSR count). The number of para-hydroxylation sites is 3. The lowest BCUT2D eigenvalue weighted by Gasteiger charge is -2.26. The highest BCUT2D eigenvalue weighted by Gasteiger charge is 2.27. The molecule has 0 spiro atoms. The van der Waals surface area contributed by atoms with Crippen LogP contribution in [-0.2, 0) is 4.79 Å². The van der Waals surface area contributed by atoms with Crippen molar-refractivity contribution in [2.75, 3.05) is 11.9 Å². The molecule has 2 heterocycles. The number of nitrogens with one attached hydrogen (secondary N) is 3. The minimum absolute atomic E-state index is 0.149. The molecule has 2 aliphatic rings. The maximum Gasteiger partial charge on any atom is 0.282 e. The summed E-state index contributed by atoms with van der Waals surface area (Å²) in [6, 6.07) is 21.5. The molecule has 0 radical (unpaired) electrons. The number of hydrogen-bond acceptors (Lipinski definition) is 6. The Kier molecular flexibility index (Phi) is 4.72. The first-order chi connectivity index (χ1) is 14.7. The van der Waals surface area contributed by atoms with Gasteiger partial charge in [0.25, 0.3) is 5.91 Å². The van der Waals surface area contributed by atoms with E-state index in [1.807, 2.05) is 48.5 Å². The van der Waals surface area contributed by atoms with Gasteiger partial charge in [-0.05, 0) is 36.4 Å². The summed E-state index contributed by atoms with van der Waals surface area (Å²) in [6.07, 6.45) is -0.738. The maximum absolute atomic E-state index is 12.5. The van der Waals surface area contributed by atoms with E-state index < -0.39 is 6.10 Å². The van der Waals surface area contributed by atoms with E-state index in [0.29, 0.717) is 17.2 Å². The summed E-state index contributed by atoms with van der Waals surface area (Å²) in [5, 5.41) is 3.45. The molecule has 6 nitrogen and oxygen atoms in total. The number of hydrazine groups is 1. The van der Waals surface area contributed by atoms with E-state index in [1.165, 1.54) is 4.90 Å². The van der Waals surface area contributed by atoms with Crippen LogP contribution in [-0.4, -0.2) is 18.6 Å². The molecule has 0 aromatic heterocycles. The van der Waals surface area contributed by atoms with Gasteiger partial charge in [-0.2, -0.15) is 0 Å². The number of fused-ring (bicyclic) bond motifs is 3. The van der Waals surface area contributed by atoms with Gasteiger partial charge in [0.15, 0.2) is 11.5 Å². The summed E-state index contributed by atoms with van der Waals surface area (Å²) in [4.78, 5) is 14.8.